The van der Waals surface area contributed by atoms with Gasteiger partial charge in [-0.15, -0.1) is 0 Å². The van der Waals surface area contributed by atoms with Crippen molar-refractivity contribution >= 4 is 41.7 Å². The fraction of sp³-hybridized carbons (Fsp3) is 0.429. The molecule has 0 heterocycles. The molecule has 1 atom stereocenters. The topological polar surface area (TPSA) is 9.23 Å². The van der Waals surface area contributed by atoms with E-state index in [-0.39, 0.29) is 11.1 Å². The summed E-state index contributed by atoms with van der Waals surface area (Å²) in [5.41, 5.74) is 2.71. The highest BCUT2D eigenvalue weighted by Crippen LogP contribution is 2.38. The Morgan fingerprint density at radius 1 is 1.12 bits per heavy atom. The fourth-order valence-corrected chi connectivity index (χ4v) is 4.67. The Balaban J connectivity index is 2.16. The first-order valence-corrected chi connectivity index (χ1v) is 12.7. The maximum atomic E-state index is 6.58. The van der Waals surface area contributed by atoms with Crippen molar-refractivity contribution in [2.45, 2.75) is 58.4 Å². The Labute approximate surface area is 161 Å². The molecule has 1 nitrogen and oxygen atoms in total. The van der Waals surface area contributed by atoms with Gasteiger partial charge in [-0.3, -0.25) is 0 Å². The molecular formula is C21H29IOSi. The van der Waals surface area contributed by atoms with Crippen molar-refractivity contribution in [3.8, 4) is 0 Å². The molecule has 2 aromatic carbocycles. The van der Waals surface area contributed by atoms with Crippen molar-refractivity contribution in [1.82, 2.24) is 0 Å². The van der Waals surface area contributed by atoms with Gasteiger partial charge in [0.05, 0.1) is 6.10 Å². The third-order valence-electron chi connectivity index (χ3n) is 5.16. The Hall–Kier alpha value is -0.653. The van der Waals surface area contributed by atoms with Crippen LogP contribution in [0.2, 0.25) is 18.1 Å². The van der Waals surface area contributed by atoms with Gasteiger partial charge in [-0.05, 0) is 57.5 Å². The van der Waals surface area contributed by atoms with E-state index >= 15 is 0 Å². The van der Waals surface area contributed by atoms with Gasteiger partial charge in [-0.2, -0.15) is 0 Å². The molecule has 0 aliphatic rings. The molecule has 0 aliphatic heterocycles. The van der Waals surface area contributed by atoms with E-state index < -0.39 is 8.32 Å². The van der Waals surface area contributed by atoms with Crippen molar-refractivity contribution in [3.05, 3.63) is 57.7 Å². The number of fused-ring (bicyclic) bond motifs is 1. The van der Waals surface area contributed by atoms with Crippen LogP contribution in [0.3, 0.4) is 0 Å². The second kappa shape index (κ2) is 7.71. The molecule has 1 unspecified atom stereocenters. The zero-order valence-electron chi connectivity index (χ0n) is 15.7. The minimum Gasteiger partial charge on any atom is -0.411 e. The van der Waals surface area contributed by atoms with E-state index in [4.69, 9.17) is 4.43 Å². The summed E-state index contributed by atoms with van der Waals surface area (Å²) in [6.07, 6.45) is 1.11. The molecule has 0 spiro atoms. The van der Waals surface area contributed by atoms with Crippen LogP contribution in [0.15, 0.2) is 52.1 Å². The number of hydrogen-bond acceptors (Lipinski definition) is 1. The second-order valence-electron chi connectivity index (χ2n) is 8.06. The molecule has 0 saturated heterocycles. The summed E-state index contributed by atoms with van der Waals surface area (Å²) < 4.78 is 8.78. The molecule has 0 saturated carbocycles. The first kappa shape index (κ1) is 19.7. The third kappa shape index (κ3) is 4.70. The average Bonchev–Trinajstić information content (AvgIpc) is 2.50. The lowest BCUT2D eigenvalue weighted by Gasteiger charge is -2.39. The lowest BCUT2D eigenvalue weighted by Crippen LogP contribution is -2.43. The fourth-order valence-electron chi connectivity index (χ4n) is 2.55. The maximum Gasteiger partial charge on any atom is 0.192 e. The Kier molecular flexibility index (Phi) is 6.32. The summed E-state index contributed by atoms with van der Waals surface area (Å²) in [7, 11) is -1.75. The third-order valence-corrected chi connectivity index (χ3v) is 10.5. The van der Waals surface area contributed by atoms with Crippen LogP contribution in [0.25, 0.3) is 10.8 Å². The molecule has 2 rings (SSSR count). The summed E-state index contributed by atoms with van der Waals surface area (Å²) >= 11 is 2.36. The average molecular weight is 452 g/mol. The van der Waals surface area contributed by atoms with Gasteiger partial charge in [0.15, 0.2) is 8.32 Å². The predicted molar refractivity (Wildman–Crippen MR) is 117 cm³/mol. The van der Waals surface area contributed by atoms with Crippen molar-refractivity contribution in [3.63, 3.8) is 0 Å². The van der Waals surface area contributed by atoms with E-state index in [1.807, 2.05) is 0 Å². The van der Waals surface area contributed by atoms with Gasteiger partial charge >= 0.3 is 0 Å². The largest absolute Gasteiger partial charge is 0.411 e. The molecule has 3 heteroatoms. The minimum atomic E-state index is -1.75. The van der Waals surface area contributed by atoms with E-state index in [1.54, 1.807) is 0 Å². The lowest BCUT2D eigenvalue weighted by atomic mass is 10.00. The number of benzene rings is 2. The highest BCUT2D eigenvalue weighted by Gasteiger charge is 2.38. The minimum absolute atomic E-state index is 0.161. The van der Waals surface area contributed by atoms with Crippen LogP contribution in [0.4, 0.5) is 0 Å². The van der Waals surface area contributed by atoms with Gasteiger partial charge in [-0.1, -0.05) is 85.8 Å². The molecule has 0 radical (unpaired) electrons. The van der Waals surface area contributed by atoms with Crippen LogP contribution in [0.1, 0.15) is 33.3 Å². The van der Waals surface area contributed by atoms with E-state index in [1.165, 1.54) is 21.9 Å². The molecular weight excluding hydrogens is 423 g/mol. The summed E-state index contributed by atoms with van der Waals surface area (Å²) in [5, 5.41) is 2.84. The maximum absolute atomic E-state index is 6.58. The molecule has 130 valence electrons. The molecule has 2 aromatic rings. The van der Waals surface area contributed by atoms with Crippen molar-refractivity contribution in [2.75, 3.05) is 0 Å². The molecule has 24 heavy (non-hydrogen) atoms. The summed E-state index contributed by atoms with van der Waals surface area (Å²) in [5.74, 6) is 0. The highest BCUT2D eigenvalue weighted by atomic mass is 127. The van der Waals surface area contributed by atoms with Crippen LogP contribution in [0, 0.1) is 0 Å². The smallest absolute Gasteiger partial charge is 0.192 e. The molecule has 0 fully saturated rings. The molecule has 0 bridgehead atoms. The first-order chi connectivity index (χ1) is 11.1. The highest BCUT2D eigenvalue weighted by molar-refractivity contribution is 14.1. The number of halogens is 1. The summed E-state index contributed by atoms with van der Waals surface area (Å²) in [6, 6.07) is 15.3. The monoisotopic (exact) mass is 452 g/mol. The van der Waals surface area contributed by atoms with E-state index in [9.17, 15) is 0 Å². The van der Waals surface area contributed by atoms with Gasteiger partial charge in [0, 0.05) is 0 Å². The van der Waals surface area contributed by atoms with E-state index in [0.29, 0.717) is 0 Å². The first-order valence-electron chi connectivity index (χ1n) is 8.59. The van der Waals surface area contributed by atoms with Crippen LogP contribution >= 0.6 is 22.6 Å². The van der Waals surface area contributed by atoms with Crippen molar-refractivity contribution in [2.24, 2.45) is 0 Å². The van der Waals surface area contributed by atoms with Gasteiger partial charge in [-0.25, -0.2) is 0 Å². The zero-order valence-corrected chi connectivity index (χ0v) is 18.8. The lowest BCUT2D eigenvalue weighted by molar-refractivity contribution is 0.230. The van der Waals surface area contributed by atoms with E-state index in [2.05, 4.69) is 110 Å². The van der Waals surface area contributed by atoms with Crippen molar-refractivity contribution < 1.29 is 4.43 Å². The number of rotatable bonds is 5. The quantitative estimate of drug-likeness (QED) is 0.347. The Morgan fingerprint density at radius 3 is 2.33 bits per heavy atom. The zero-order chi connectivity index (χ0) is 18.0. The molecule has 0 N–H and O–H groups in total. The van der Waals surface area contributed by atoms with Gasteiger partial charge in [0.2, 0.25) is 0 Å². The van der Waals surface area contributed by atoms with Crippen molar-refractivity contribution in [1.29, 1.82) is 0 Å². The Bertz CT molecular complexity index is 728. The van der Waals surface area contributed by atoms with E-state index in [0.717, 1.165) is 6.42 Å². The summed E-state index contributed by atoms with van der Waals surface area (Å²) in [4.78, 5) is 0. The summed E-state index contributed by atoms with van der Waals surface area (Å²) in [6.45, 7) is 13.7. The molecule has 0 aromatic heterocycles. The Morgan fingerprint density at radius 2 is 1.75 bits per heavy atom. The van der Waals surface area contributed by atoms with Crippen LogP contribution < -0.4 is 0 Å². The van der Waals surface area contributed by atoms with Crippen LogP contribution in [0.5, 0.6) is 0 Å². The standard InChI is InChI=1S/C21H29IOSi/c1-16(23-24(5,6)21(2,3)4)20(15-22)14-17-11-12-18-9-7-8-10-19(18)13-17/h7-13,15-16H,14H2,1-6H3/b20-15+. The van der Waals surface area contributed by atoms with Gasteiger partial charge in [0.25, 0.3) is 0 Å². The molecule has 0 aliphatic carbocycles. The molecule has 0 amide bonds. The van der Waals surface area contributed by atoms with Gasteiger partial charge < -0.3 is 4.43 Å². The van der Waals surface area contributed by atoms with Crippen LogP contribution in [-0.2, 0) is 10.8 Å². The predicted octanol–water partition coefficient (Wildman–Crippen LogP) is 7.11. The second-order valence-corrected chi connectivity index (χ2v) is 13.4. The normalized spacial score (nSPS) is 14.9. The van der Waals surface area contributed by atoms with Crippen LogP contribution in [-0.4, -0.2) is 14.4 Å². The number of hydrogen-bond donors (Lipinski definition) is 0. The SMILES string of the molecule is CC(O[Si](C)(C)C(C)(C)C)/C(=C/I)Cc1ccc2ccccc2c1. The van der Waals surface area contributed by atoms with Gasteiger partial charge in [0.1, 0.15) is 0 Å².